The highest BCUT2D eigenvalue weighted by molar-refractivity contribution is 5.85. The minimum Gasteiger partial charge on any atom is -0.469 e. The minimum absolute atomic E-state index is 0.199. The van der Waals surface area contributed by atoms with Crippen LogP contribution in [0.1, 0.15) is 36.6 Å². The zero-order valence-corrected chi connectivity index (χ0v) is 15.1. The summed E-state index contributed by atoms with van der Waals surface area (Å²) in [4.78, 5) is 18.6. The molecule has 1 unspecified atom stereocenters. The fraction of sp³-hybridized carbons (Fsp3) is 0.571. The Morgan fingerprint density at radius 3 is 3.00 bits per heavy atom. The van der Waals surface area contributed by atoms with Gasteiger partial charge in [0.25, 0.3) is 0 Å². The smallest absolute Gasteiger partial charge is 0.311 e. The monoisotopic (exact) mass is 354 g/mol. The zero-order valence-electron chi connectivity index (χ0n) is 15.1. The molecule has 1 saturated heterocycles. The van der Waals surface area contributed by atoms with E-state index in [-0.39, 0.29) is 17.8 Å². The van der Waals surface area contributed by atoms with Gasteiger partial charge in [-0.25, -0.2) is 0 Å². The first-order chi connectivity index (χ1) is 12.7. The highest BCUT2D eigenvalue weighted by Crippen LogP contribution is 2.49. The summed E-state index contributed by atoms with van der Waals surface area (Å²) in [5, 5.41) is 11.8. The molecule has 0 spiro atoms. The lowest BCUT2D eigenvalue weighted by atomic mass is 9.65. The van der Waals surface area contributed by atoms with E-state index in [1.165, 1.54) is 29.3 Å². The van der Waals surface area contributed by atoms with Gasteiger partial charge < -0.3 is 14.8 Å². The van der Waals surface area contributed by atoms with Crippen LogP contribution in [0, 0.1) is 17.8 Å². The van der Waals surface area contributed by atoms with Gasteiger partial charge in [-0.1, -0.05) is 18.2 Å². The number of carbonyl (C=O) groups excluding carboxylic acids is 1. The van der Waals surface area contributed by atoms with Crippen LogP contribution in [0.2, 0.25) is 0 Å². The third-order valence-corrected chi connectivity index (χ3v) is 7.02. The van der Waals surface area contributed by atoms with Crippen molar-refractivity contribution < 1.29 is 14.6 Å². The van der Waals surface area contributed by atoms with E-state index in [1.807, 2.05) is 0 Å². The van der Waals surface area contributed by atoms with Crippen molar-refractivity contribution in [1.29, 1.82) is 0 Å². The normalized spacial score (nSPS) is 34.0. The molecule has 2 N–H and O–H groups in total. The Balaban J connectivity index is 1.52. The van der Waals surface area contributed by atoms with Crippen LogP contribution in [0.25, 0.3) is 10.9 Å². The second-order valence-corrected chi connectivity index (χ2v) is 8.18. The van der Waals surface area contributed by atoms with Crippen molar-refractivity contribution in [1.82, 2.24) is 9.88 Å². The molecule has 5 atom stereocenters. The number of carbonyl (C=O) groups is 1. The molecule has 1 saturated carbocycles. The van der Waals surface area contributed by atoms with Crippen molar-refractivity contribution in [2.24, 2.45) is 17.8 Å². The van der Waals surface area contributed by atoms with Gasteiger partial charge in [-0.3, -0.25) is 9.69 Å². The van der Waals surface area contributed by atoms with Crippen molar-refractivity contribution in [3.63, 3.8) is 0 Å². The average Bonchev–Trinajstić information content (AvgIpc) is 3.05. The maximum atomic E-state index is 12.4. The largest absolute Gasteiger partial charge is 0.469 e. The van der Waals surface area contributed by atoms with Crippen LogP contribution in [0.3, 0.4) is 0 Å². The summed E-state index contributed by atoms with van der Waals surface area (Å²) in [5.41, 5.74) is 3.96. The zero-order chi connectivity index (χ0) is 17.8. The second kappa shape index (κ2) is 6.10. The van der Waals surface area contributed by atoms with Crippen LogP contribution in [-0.2, 0) is 16.0 Å². The summed E-state index contributed by atoms with van der Waals surface area (Å²) >= 11 is 0. The predicted octanol–water partition coefficient (Wildman–Crippen LogP) is 2.65. The van der Waals surface area contributed by atoms with Crippen LogP contribution in [0.4, 0.5) is 0 Å². The molecule has 2 fully saturated rings. The Kier molecular flexibility index (Phi) is 3.83. The van der Waals surface area contributed by atoms with E-state index in [4.69, 9.17) is 4.74 Å². The molecule has 3 aliphatic rings. The van der Waals surface area contributed by atoms with Crippen molar-refractivity contribution in [3.05, 3.63) is 35.5 Å². The first-order valence-electron chi connectivity index (χ1n) is 9.76. The van der Waals surface area contributed by atoms with E-state index in [0.717, 1.165) is 32.4 Å². The summed E-state index contributed by atoms with van der Waals surface area (Å²) in [6.45, 7) is 2.10. The molecule has 0 bridgehead atoms. The second-order valence-electron chi connectivity index (χ2n) is 8.18. The van der Waals surface area contributed by atoms with E-state index < -0.39 is 6.10 Å². The molecule has 5 rings (SSSR count). The van der Waals surface area contributed by atoms with Crippen molar-refractivity contribution in [2.45, 2.75) is 37.8 Å². The molecule has 1 aromatic heterocycles. The molecule has 3 heterocycles. The van der Waals surface area contributed by atoms with Gasteiger partial charge >= 0.3 is 5.97 Å². The lowest BCUT2D eigenvalue weighted by Crippen LogP contribution is -2.53. The van der Waals surface area contributed by atoms with E-state index in [0.29, 0.717) is 18.4 Å². The number of piperidine rings is 1. The van der Waals surface area contributed by atoms with E-state index in [2.05, 4.69) is 34.1 Å². The summed E-state index contributed by atoms with van der Waals surface area (Å²) in [6, 6.07) is 8.83. The maximum absolute atomic E-state index is 12.4. The summed E-state index contributed by atoms with van der Waals surface area (Å²) < 4.78 is 5.04. The molecule has 2 aliphatic heterocycles. The summed E-state index contributed by atoms with van der Waals surface area (Å²) in [5.74, 6) is 0.0541. The Bertz CT molecular complexity index is 845. The number of aromatic amines is 1. The summed E-state index contributed by atoms with van der Waals surface area (Å²) in [7, 11) is 1.43. The number of nitrogens with zero attached hydrogens (tertiary/aromatic N) is 1. The molecule has 138 valence electrons. The van der Waals surface area contributed by atoms with Crippen LogP contribution in [0.5, 0.6) is 0 Å². The molecular weight excluding hydrogens is 328 g/mol. The van der Waals surface area contributed by atoms with Gasteiger partial charge in [-0.2, -0.15) is 0 Å². The number of H-pyrrole nitrogens is 1. The van der Waals surface area contributed by atoms with Gasteiger partial charge in [-0.15, -0.1) is 0 Å². The fourth-order valence-corrected chi connectivity index (χ4v) is 5.80. The number of para-hydroxylation sites is 1. The predicted molar refractivity (Wildman–Crippen MR) is 98.7 cm³/mol. The molecule has 5 heteroatoms. The van der Waals surface area contributed by atoms with Crippen molar-refractivity contribution in [2.75, 3.05) is 20.2 Å². The third kappa shape index (κ3) is 2.33. The quantitative estimate of drug-likeness (QED) is 0.773. The van der Waals surface area contributed by atoms with E-state index in [1.54, 1.807) is 0 Å². The Morgan fingerprint density at radius 2 is 2.15 bits per heavy atom. The molecule has 5 nitrogen and oxygen atoms in total. The number of hydrogen-bond acceptors (Lipinski definition) is 4. The van der Waals surface area contributed by atoms with Gasteiger partial charge in [0.1, 0.15) is 0 Å². The highest BCUT2D eigenvalue weighted by atomic mass is 16.5. The Hall–Kier alpha value is -1.85. The van der Waals surface area contributed by atoms with Gasteiger partial charge in [0.15, 0.2) is 0 Å². The summed E-state index contributed by atoms with van der Waals surface area (Å²) in [6.07, 6.45) is 3.14. The van der Waals surface area contributed by atoms with Crippen LogP contribution in [-0.4, -0.2) is 47.3 Å². The number of methoxy groups -OCH3 is 1. The number of rotatable bonds is 1. The first-order valence-corrected chi connectivity index (χ1v) is 9.76. The number of benzene rings is 1. The standard InChI is InChI=1S/C21H26N2O3/c1-26-21(25)19-15-10-17-20-14(13-4-2-3-5-16(13)22-20)8-9-23(17)11-12(15)6-7-18(19)24/h2-5,12,15,17-19,22,24H,6-11H2,1H3/t12-,15-,17?,18-,19-/m0/s1. The Labute approximate surface area is 153 Å². The number of esters is 1. The number of aliphatic hydroxyl groups excluding tert-OH is 1. The average molecular weight is 354 g/mol. The maximum Gasteiger partial charge on any atom is 0.311 e. The van der Waals surface area contributed by atoms with E-state index >= 15 is 0 Å². The third-order valence-electron chi connectivity index (χ3n) is 7.02. The van der Waals surface area contributed by atoms with Crippen LogP contribution < -0.4 is 0 Å². The number of nitrogens with one attached hydrogen (secondary N) is 1. The molecule has 0 radical (unpaired) electrons. The van der Waals surface area contributed by atoms with Crippen molar-refractivity contribution >= 4 is 16.9 Å². The number of fused-ring (bicyclic) bond motifs is 6. The molecule has 1 aromatic carbocycles. The van der Waals surface area contributed by atoms with Gasteiger partial charge in [0.05, 0.1) is 25.2 Å². The SMILES string of the molecule is COC(=O)[C@H]1[C@H]2CC3c4[nH]c5ccccc5c4CCN3C[C@@H]2CC[C@@H]1O. The van der Waals surface area contributed by atoms with Crippen LogP contribution in [0.15, 0.2) is 24.3 Å². The van der Waals surface area contributed by atoms with Gasteiger partial charge in [-0.05, 0) is 49.1 Å². The lowest BCUT2D eigenvalue weighted by molar-refractivity contribution is -0.160. The minimum atomic E-state index is -0.568. The molecule has 1 aliphatic carbocycles. The molecule has 2 aromatic rings. The number of hydrogen-bond donors (Lipinski definition) is 2. The van der Waals surface area contributed by atoms with Crippen LogP contribution >= 0.6 is 0 Å². The number of aromatic nitrogens is 1. The number of aliphatic hydroxyl groups is 1. The highest BCUT2D eigenvalue weighted by Gasteiger charge is 2.49. The topological polar surface area (TPSA) is 65.6 Å². The number of ether oxygens (including phenoxy) is 1. The fourth-order valence-electron chi connectivity index (χ4n) is 5.80. The van der Waals surface area contributed by atoms with Crippen molar-refractivity contribution in [3.8, 4) is 0 Å². The molecule has 26 heavy (non-hydrogen) atoms. The lowest BCUT2D eigenvalue weighted by Gasteiger charge is -2.50. The first kappa shape index (κ1) is 16.3. The Morgan fingerprint density at radius 1 is 1.31 bits per heavy atom. The van der Waals surface area contributed by atoms with Gasteiger partial charge in [0.2, 0.25) is 0 Å². The molecular formula is C21H26N2O3. The van der Waals surface area contributed by atoms with Gasteiger partial charge in [0, 0.05) is 29.7 Å². The molecule has 0 amide bonds. The van der Waals surface area contributed by atoms with E-state index in [9.17, 15) is 9.90 Å².